The molecule has 0 saturated heterocycles. The van der Waals surface area contributed by atoms with Crippen LogP contribution in [0.3, 0.4) is 0 Å². The molecule has 0 aromatic heterocycles. The minimum atomic E-state index is -4.37. The van der Waals surface area contributed by atoms with E-state index < -0.39 is 23.6 Å². The van der Waals surface area contributed by atoms with Gasteiger partial charge < -0.3 is 10.5 Å². The second kappa shape index (κ2) is 6.40. The van der Waals surface area contributed by atoms with E-state index in [-0.39, 0.29) is 17.4 Å². The highest BCUT2D eigenvalue weighted by molar-refractivity contribution is 7.85. The van der Waals surface area contributed by atoms with Crippen molar-refractivity contribution >= 4 is 28.1 Å². The summed E-state index contributed by atoms with van der Waals surface area (Å²) in [6.45, 7) is -1.58. The smallest absolute Gasteiger partial charge is 0.398 e. The highest BCUT2D eigenvalue weighted by Gasteiger charge is 2.27. The maximum Gasteiger partial charge on any atom is 0.411 e. The van der Waals surface area contributed by atoms with Gasteiger partial charge in [-0.05, 0) is 18.2 Å². The molecule has 0 radical (unpaired) electrons. The fourth-order valence-corrected chi connectivity index (χ4v) is 2.31. The second-order valence-corrected chi connectivity index (χ2v) is 5.38. The lowest BCUT2D eigenvalue weighted by molar-refractivity contribution is -0.172. The molecule has 102 valence electrons. The molecule has 1 unspecified atom stereocenters. The molecule has 3 nitrogen and oxygen atoms in total. The van der Waals surface area contributed by atoms with Crippen LogP contribution in [0.25, 0.3) is 0 Å². The first-order valence-corrected chi connectivity index (χ1v) is 6.57. The Balaban J connectivity index is 2.43. The number of benzene rings is 1. The van der Waals surface area contributed by atoms with Crippen LogP contribution in [0, 0.1) is 0 Å². The fraction of sp³-hybridized carbons (Fsp3) is 0.400. The molecule has 1 atom stereocenters. The number of rotatable bonds is 5. The first-order valence-electron chi connectivity index (χ1n) is 4.87. The number of hydrogen-bond acceptors (Lipinski definition) is 3. The number of anilines is 1. The van der Waals surface area contributed by atoms with Crippen LogP contribution in [0.4, 0.5) is 18.9 Å². The predicted octanol–water partition coefficient (Wildman–Crippen LogP) is 2.61. The van der Waals surface area contributed by atoms with Crippen molar-refractivity contribution < 1.29 is 22.1 Å². The van der Waals surface area contributed by atoms with Gasteiger partial charge in [0.05, 0.1) is 33.9 Å². The molecule has 0 spiro atoms. The van der Waals surface area contributed by atoms with E-state index in [1.165, 1.54) is 18.2 Å². The summed E-state index contributed by atoms with van der Waals surface area (Å²) in [6, 6.07) is 4.43. The summed E-state index contributed by atoms with van der Waals surface area (Å²) in [5.74, 6) is -0.0314. The van der Waals surface area contributed by atoms with Gasteiger partial charge in [0.1, 0.15) is 6.61 Å². The lowest BCUT2D eigenvalue weighted by Gasteiger charge is -2.08. The molecule has 0 aliphatic rings. The topological polar surface area (TPSA) is 52.3 Å². The molecule has 0 aliphatic heterocycles. The van der Waals surface area contributed by atoms with Crippen LogP contribution in [-0.4, -0.2) is 29.4 Å². The van der Waals surface area contributed by atoms with Crippen molar-refractivity contribution in [2.45, 2.75) is 11.1 Å². The van der Waals surface area contributed by atoms with Crippen molar-refractivity contribution in [3.05, 3.63) is 23.2 Å². The molecule has 0 fully saturated rings. The van der Waals surface area contributed by atoms with Crippen molar-refractivity contribution in [3.8, 4) is 0 Å². The summed E-state index contributed by atoms with van der Waals surface area (Å²) < 4.78 is 51.4. The van der Waals surface area contributed by atoms with Crippen LogP contribution >= 0.6 is 11.6 Å². The van der Waals surface area contributed by atoms with Gasteiger partial charge in [-0.15, -0.1) is 0 Å². The number of ether oxygens (including phenoxy) is 1. The Morgan fingerprint density at radius 2 is 2.06 bits per heavy atom. The van der Waals surface area contributed by atoms with Crippen LogP contribution in [0.5, 0.6) is 0 Å². The average Bonchev–Trinajstić information content (AvgIpc) is 2.26. The third kappa shape index (κ3) is 5.24. The largest absolute Gasteiger partial charge is 0.411 e. The van der Waals surface area contributed by atoms with Gasteiger partial charge in [-0.2, -0.15) is 13.2 Å². The van der Waals surface area contributed by atoms with E-state index in [9.17, 15) is 17.4 Å². The fourth-order valence-electron chi connectivity index (χ4n) is 1.09. The van der Waals surface area contributed by atoms with E-state index in [0.717, 1.165) is 0 Å². The van der Waals surface area contributed by atoms with Gasteiger partial charge in [-0.25, -0.2) is 0 Å². The van der Waals surface area contributed by atoms with E-state index >= 15 is 0 Å². The number of nitrogen functional groups attached to an aromatic ring is 1. The number of halogens is 4. The highest BCUT2D eigenvalue weighted by atomic mass is 35.5. The van der Waals surface area contributed by atoms with E-state index in [1.807, 2.05) is 0 Å². The standard InChI is InChI=1S/C10H11ClF3NO2S/c11-8-5-7(1-2-9(8)15)18(16)4-3-17-6-10(12,13)14/h1-2,5H,3-4,6,15H2. The molecule has 0 amide bonds. The summed E-state index contributed by atoms with van der Waals surface area (Å²) in [5, 5.41) is 0.261. The minimum Gasteiger partial charge on any atom is -0.398 e. The Hall–Kier alpha value is -0.790. The van der Waals surface area contributed by atoms with E-state index in [2.05, 4.69) is 4.74 Å². The van der Waals surface area contributed by atoms with Gasteiger partial charge >= 0.3 is 6.18 Å². The third-order valence-electron chi connectivity index (χ3n) is 1.91. The van der Waals surface area contributed by atoms with Gasteiger partial charge in [-0.1, -0.05) is 11.6 Å². The van der Waals surface area contributed by atoms with Gasteiger partial charge in [0.2, 0.25) is 0 Å². The molecule has 8 heteroatoms. The van der Waals surface area contributed by atoms with Crippen molar-refractivity contribution in [3.63, 3.8) is 0 Å². The molecular weight excluding hydrogens is 291 g/mol. The molecule has 1 aromatic rings. The molecule has 18 heavy (non-hydrogen) atoms. The first-order chi connectivity index (χ1) is 8.29. The molecule has 0 bridgehead atoms. The van der Waals surface area contributed by atoms with E-state index in [1.54, 1.807) is 0 Å². The van der Waals surface area contributed by atoms with Gasteiger partial charge in [0.25, 0.3) is 0 Å². The number of hydrogen-bond donors (Lipinski definition) is 1. The summed E-state index contributed by atoms with van der Waals surface area (Å²) in [4.78, 5) is 0.407. The lowest BCUT2D eigenvalue weighted by atomic mass is 10.3. The van der Waals surface area contributed by atoms with Gasteiger partial charge in [-0.3, -0.25) is 4.21 Å². The normalized spacial score (nSPS) is 13.6. The number of alkyl halides is 3. The van der Waals surface area contributed by atoms with Crippen LogP contribution in [0.1, 0.15) is 0 Å². The Morgan fingerprint density at radius 3 is 2.61 bits per heavy atom. The highest BCUT2D eigenvalue weighted by Crippen LogP contribution is 2.21. The first kappa shape index (κ1) is 15.3. The lowest BCUT2D eigenvalue weighted by Crippen LogP contribution is -2.19. The maximum atomic E-state index is 11.8. The SMILES string of the molecule is Nc1ccc(S(=O)CCOCC(F)(F)F)cc1Cl. The summed E-state index contributed by atoms with van der Waals surface area (Å²) in [5.41, 5.74) is 5.83. The van der Waals surface area contributed by atoms with E-state index in [4.69, 9.17) is 17.3 Å². The molecule has 0 saturated carbocycles. The average molecular weight is 302 g/mol. The third-order valence-corrected chi connectivity index (χ3v) is 3.56. The van der Waals surface area contributed by atoms with Crippen LogP contribution in [0.2, 0.25) is 5.02 Å². The molecule has 0 aliphatic carbocycles. The monoisotopic (exact) mass is 301 g/mol. The quantitative estimate of drug-likeness (QED) is 0.672. The van der Waals surface area contributed by atoms with Crippen LogP contribution in [0.15, 0.2) is 23.1 Å². The summed E-state index contributed by atoms with van der Waals surface area (Å²) in [7, 11) is -1.46. The van der Waals surface area contributed by atoms with Crippen LogP contribution < -0.4 is 5.73 Å². The zero-order valence-corrected chi connectivity index (χ0v) is 10.7. The molecule has 1 aromatic carbocycles. The van der Waals surface area contributed by atoms with Crippen molar-refractivity contribution in [2.24, 2.45) is 0 Å². The minimum absolute atomic E-state index is 0.0314. The van der Waals surface area contributed by atoms with Gasteiger partial charge in [0.15, 0.2) is 0 Å². The van der Waals surface area contributed by atoms with Crippen molar-refractivity contribution in [1.82, 2.24) is 0 Å². The Labute approximate surface area is 110 Å². The summed E-state index contributed by atoms with van der Waals surface area (Å²) >= 11 is 5.74. The van der Waals surface area contributed by atoms with Crippen molar-refractivity contribution in [1.29, 1.82) is 0 Å². The summed E-state index contributed by atoms with van der Waals surface area (Å²) in [6.07, 6.45) is -4.37. The van der Waals surface area contributed by atoms with E-state index in [0.29, 0.717) is 10.6 Å². The van der Waals surface area contributed by atoms with Gasteiger partial charge in [0, 0.05) is 4.90 Å². The number of nitrogens with two attached hydrogens (primary N) is 1. The second-order valence-electron chi connectivity index (χ2n) is 3.40. The molecule has 2 N–H and O–H groups in total. The molecule has 1 rings (SSSR count). The Kier molecular flexibility index (Phi) is 5.43. The zero-order chi connectivity index (χ0) is 13.8. The molecule has 0 heterocycles. The Bertz CT molecular complexity index is 440. The maximum absolute atomic E-state index is 11.8. The molecular formula is C10H11ClF3NO2S. The Morgan fingerprint density at radius 1 is 1.39 bits per heavy atom. The van der Waals surface area contributed by atoms with Crippen molar-refractivity contribution in [2.75, 3.05) is 24.7 Å². The predicted molar refractivity (Wildman–Crippen MR) is 64.0 cm³/mol. The van der Waals surface area contributed by atoms with Crippen LogP contribution in [-0.2, 0) is 15.5 Å². The zero-order valence-electron chi connectivity index (χ0n) is 9.17.